The van der Waals surface area contributed by atoms with Crippen LogP contribution in [0.25, 0.3) is 0 Å². The van der Waals surface area contributed by atoms with E-state index in [2.05, 4.69) is 12.6 Å². The Morgan fingerprint density at radius 1 is 0.750 bits per heavy atom. The van der Waals surface area contributed by atoms with Crippen LogP contribution in [0, 0.1) is 0 Å². The van der Waals surface area contributed by atoms with Crippen molar-refractivity contribution in [1.82, 2.24) is 4.90 Å². The molecule has 144 valence electrons. The van der Waals surface area contributed by atoms with Gasteiger partial charge in [0.2, 0.25) is 0 Å². The van der Waals surface area contributed by atoms with Crippen molar-refractivity contribution in [3.63, 3.8) is 0 Å². The highest BCUT2D eigenvalue weighted by Gasteiger charge is 2.43. The van der Waals surface area contributed by atoms with Crippen LogP contribution in [0.4, 0.5) is 0 Å². The van der Waals surface area contributed by atoms with E-state index < -0.39 is 11.5 Å². The minimum Gasteiger partial charge on any atom is -0.480 e. The number of aliphatic carboxylic acids is 1. The number of rotatable bonds is 9. The van der Waals surface area contributed by atoms with Crippen LogP contribution in [0.15, 0.2) is 91.0 Å². The Morgan fingerprint density at radius 2 is 1.14 bits per heavy atom. The molecule has 0 unspecified atom stereocenters. The summed E-state index contributed by atoms with van der Waals surface area (Å²) >= 11 is 4.52. The normalized spacial score (nSPS) is 13.2. The zero-order valence-electron chi connectivity index (χ0n) is 15.7. The fraction of sp³-hybridized carbons (Fsp3) is 0.208. The number of carbonyl (C=O) groups is 1. The first kappa shape index (κ1) is 20.2. The van der Waals surface area contributed by atoms with E-state index in [0.717, 1.165) is 16.7 Å². The van der Waals surface area contributed by atoms with Gasteiger partial charge in [0.1, 0.15) is 5.54 Å². The fourth-order valence-corrected chi connectivity index (χ4v) is 3.89. The van der Waals surface area contributed by atoms with Gasteiger partial charge in [0, 0.05) is 25.3 Å². The summed E-state index contributed by atoms with van der Waals surface area (Å²) in [6.07, 6.45) is 0.395. The van der Waals surface area contributed by atoms with Gasteiger partial charge in [-0.05, 0) is 16.7 Å². The Hall–Kier alpha value is -2.56. The fourth-order valence-electron chi connectivity index (χ4n) is 3.45. The van der Waals surface area contributed by atoms with Gasteiger partial charge >= 0.3 is 5.97 Å². The van der Waals surface area contributed by atoms with Crippen molar-refractivity contribution in [3.8, 4) is 0 Å². The molecule has 3 nitrogen and oxygen atoms in total. The maximum absolute atomic E-state index is 12.6. The van der Waals surface area contributed by atoms with Crippen molar-refractivity contribution in [2.75, 3.05) is 5.75 Å². The quantitative estimate of drug-likeness (QED) is 0.520. The van der Waals surface area contributed by atoms with Crippen molar-refractivity contribution in [2.24, 2.45) is 0 Å². The van der Waals surface area contributed by atoms with E-state index in [4.69, 9.17) is 0 Å². The topological polar surface area (TPSA) is 40.5 Å². The molecule has 0 bridgehead atoms. The summed E-state index contributed by atoms with van der Waals surface area (Å²) in [6, 6.07) is 29.8. The van der Waals surface area contributed by atoms with E-state index >= 15 is 0 Å². The Morgan fingerprint density at radius 3 is 1.50 bits per heavy atom. The van der Waals surface area contributed by atoms with Crippen LogP contribution in [0.2, 0.25) is 0 Å². The van der Waals surface area contributed by atoms with Crippen molar-refractivity contribution >= 4 is 18.6 Å². The zero-order valence-corrected chi connectivity index (χ0v) is 16.6. The predicted octanol–water partition coefficient (Wildman–Crippen LogP) is 4.68. The van der Waals surface area contributed by atoms with Crippen LogP contribution in [0.3, 0.4) is 0 Å². The van der Waals surface area contributed by atoms with Crippen LogP contribution in [0.1, 0.15) is 16.7 Å². The molecule has 0 radical (unpaired) electrons. The van der Waals surface area contributed by atoms with Gasteiger partial charge in [-0.2, -0.15) is 12.6 Å². The number of nitrogens with zero attached hydrogens (tertiary/aromatic N) is 1. The van der Waals surface area contributed by atoms with Crippen LogP contribution >= 0.6 is 12.6 Å². The SMILES string of the molecule is O=C(O)[C@@](CS)(Cc1ccccc1)N(Cc1ccccc1)Cc1ccccc1. The summed E-state index contributed by atoms with van der Waals surface area (Å²) in [5, 5.41) is 10.3. The first-order valence-electron chi connectivity index (χ1n) is 9.35. The first-order valence-corrected chi connectivity index (χ1v) is 9.98. The summed E-state index contributed by atoms with van der Waals surface area (Å²) in [7, 11) is 0. The third-order valence-electron chi connectivity index (χ3n) is 5.04. The second-order valence-electron chi connectivity index (χ2n) is 6.98. The molecule has 0 aliphatic carbocycles. The minimum atomic E-state index is -1.11. The number of thiol groups is 1. The number of hydrogen-bond donors (Lipinski definition) is 2. The number of benzene rings is 3. The van der Waals surface area contributed by atoms with Gasteiger partial charge in [0.05, 0.1) is 0 Å². The lowest BCUT2D eigenvalue weighted by Crippen LogP contribution is -2.57. The molecule has 0 aliphatic heterocycles. The third-order valence-corrected chi connectivity index (χ3v) is 5.56. The molecule has 0 spiro atoms. The van der Waals surface area contributed by atoms with Gasteiger partial charge in [-0.15, -0.1) is 0 Å². The van der Waals surface area contributed by atoms with Gasteiger partial charge in [0.25, 0.3) is 0 Å². The molecular formula is C24H25NO2S. The average molecular weight is 392 g/mol. The monoisotopic (exact) mass is 391 g/mol. The van der Waals surface area contributed by atoms with Gasteiger partial charge in [-0.3, -0.25) is 9.69 Å². The molecule has 0 saturated carbocycles. The third kappa shape index (κ3) is 4.83. The molecule has 3 aromatic carbocycles. The minimum absolute atomic E-state index is 0.219. The lowest BCUT2D eigenvalue weighted by Gasteiger charge is -2.40. The van der Waals surface area contributed by atoms with Crippen LogP contribution in [-0.2, 0) is 24.3 Å². The lowest BCUT2D eigenvalue weighted by atomic mass is 9.89. The summed E-state index contributed by atoms with van der Waals surface area (Å²) < 4.78 is 0. The van der Waals surface area contributed by atoms with Crippen LogP contribution in [-0.4, -0.2) is 27.3 Å². The number of carboxylic acid groups (broad SMARTS) is 1. The van der Waals surface area contributed by atoms with E-state index in [0.29, 0.717) is 19.5 Å². The van der Waals surface area contributed by atoms with E-state index in [-0.39, 0.29) is 5.75 Å². The average Bonchev–Trinajstić information content (AvgIpc) is 2.74. The van der Waals surface area contributed by atoms with E-state index in [1.165, 1.54) is 0 Å². The second-order valence-corrected chi connectivity index (χ2v) is 7.30. The maximum atomic E-state index is 12.6. The van der Waals surface area contributed by atoms with E-state index in [1.54, 1.807) is 0 Å². The van der Waals surface area contributed by atoms with Gasteiger partial charge < -0.3 is 5.11 Å². The molecule has 0 aliphatic rings. The molecule has 28 heavy (non-hydrogen) atoms. The van der Waals surface area contributed by atoms with Crippen molar-refractivity contribution in [2.45, 2.75) is 25.0 Å². The molecule has 0 amide bonds. The largest absolute Gasteiger partial charge is 0.480 e. The van der Waals surface area contributed by atoms with Gasteiger partial charge in [-0.25, -0.2) is 0 Å². The van der Waals surface area contributed by atoms with Crippen LogP contribution < -0.4 is 0 Å². The summed E-state index contributed by atoms with van der Waals surface area (Å²) in [5.41, 5.74) is 2.04. The van der Waals surface area contributed by atoms with Crippen molar-refractivity contribution in [1.29, 1.82) is 0 Å². The molecule has 4 heteroatoms. The van der Waals surface area contributed by atoms with Crippen molar-refractivity contribution < 1.29 is 9.90 Å². The molecule has 3 aromatic rings. The molecule has 0 saturated heterocycles. The summed E-state index contributed by atoms with van der Waals surface area (Å²) in [4.78, 5) is 14.6. The molecule has 1 atom stereocenters. The Labute approximate surface area is 172 Å². The van der Waals surface area contributed by atoms with Gasteiger partial charge in [0.15, 0.2) is 0 Å². The predicted molar refractivity (Wildman–Crippen MR) is 116 cm³/mol. The van der Waals surface area contributed by atoms with Gasteiger partial charge in [-0.1, -0.05) is 91.0 Å². The number of hydrogen-bond acceptors (Lipinski definition) is 3. The van der Waals surface area contributed by atoms with Crippen LogP contribution in [0.5, 0.6) is 0 Å². The number of carboxylic acids is 1. The highest BCUT2D eigenvalue weighted by atomic mass is 32.1. The zero-order chi connectivity index (χ0) is 19.8. The van der Waals surface area contributed by atoms with Crippen molar-refractivity contribution in [3.05, 3.63) is 108 Å². The molecule has 1 N–H and O–H groups in total. The summed E-state index contributed by atoms with van der Waals surface area (Å²) in [6.45, 7) is 1.07. The molecule has 0 aromatic heterocycles. The Balaban J connectivity index is 2.00. The summed E-state index contributed by atoms with van der Waals surface area (Å²) in [5.74, 6) is -0.630. The Kier molecular flexibility index (Phi) is 6.90. The highest BCUT2D eigenvalue weighted by molar-refractivity contribution is 7.80. The second kappa shape index (κ2) is 9.58. The molecular weight excluding hydrogens is 366 g/mol. The highest BCUT2D eigenvalue weighted by Crippen LogP contribution is 2.28. The molecule has 0 fully saturated rings. The smallest absolute Gasteiger partial charge is 0.325 e. The first-order chi connectivity index (χ1) is 13.6. The molecule has 0 heterocycles. The standard InChI is InChI=1S/C24H25NO2S/c26-23(27)24(19-28,16-20-10-4-1-5-11-20)25(17-21-12-6-2-7-13-21)18-22-14-8-3-9-15-22/h1-15,28H,16-19H2,(H,26,27)/t24-/m0/s1. The molecule has 3 rings (SSSR count). The van der Waals surface area contributed by atoms with E-state index in [9.17, 15) is 9.90 Å². The maximum Gasteiger partial charge on any atom is 0.325 e. The Bertz CT molecular complexity index is 829. The van der Waals surface area contributed by atoms with E-state index in [1.807, 2.05) is 95.9 Å². The lowest BCUT2D eigenvalue weighted by molar-refractivity contribution is -0.151.